The van der Waals surface area contributed by atoms with Gasteiger partial charge >= 0.3 is 0 Å². The minimum Gasteiger partial charge on any atom is -0.381 e. The third-order valence-corrected chi connectivity index (χ3v) is 3.70. The Morgan fingerprint density at radius 3 is 2.67 bits per heavy atom. The highest BCUT2D eigenvalue weighted by Crippen LogP contribution is 2.18. The minimum atomic E-state index is -0.00291. The third-order valence-electron chi connectivity index (χ3n) is 3.70. The van der Waals surface area contributed by atoms with Gasteiger partial charge in [-0.3, -0.25) is 4.79 Å². The van der Waals surface area contributed by atoms with Crippen LogP contribution in [0.5, 0.6) is 0 Å². The number of nitrogens with one attached hydrogen (secondary N) is 1. The van der Waals surface area contributed by atoms with Crippen molar-refractivity contribution < 1.29 is 9.53 Å². The smallest absolute Gasteiger partial charge is 0.223 e. The Balaban J connectivity index is 1.93. The number of carbonyl (C=O) groups is 1. The summed E-state index contributed by atoms with van der Waals surface area (Å²) in [6, 6.07) is 7.90. The van der Waals surface area contributed by atoms with Crippen LogP contribution in [-0.4, -0.2) is 25.7 Å². The van der Waals surface area contributed by atoms with E-state index in [9.17, 15) is 4.79 Å². The zero-order valence-corrected chi connectivity index (χ0v) is 12.4. The van der Waals surface area contributed by atoms with E-state index in [1.54, 1.807) is 0 Å². The lowest BCUT2D eigenvalue weighted by Gasteiger charge is -2.23. The first-order valence-electron chi connectivity index (χ1n) is 7.37. The fraction of sp³-hybridized carbons (Fsp3) is 0.471. The second-order valence-electron chi connectivity index (χ2n) is 5.24. The number of hydrogen-bond donors (Lipinski definition) is 2. The normalized spacial score (nSPS) is 16.7. The van der Waals surface area contributed by atoms with Gasteiger partial charge < -0.3 is 15.8 Å². The van der Waals surface area contributed by atoms with E-state index in [-0.39, 0.29) is 17.9 Å². The van der Waals surface area contributed by atoms with Crippen LogP contribution in [0.15, 0.2) is 24.3 Å². The fourth-order valence-electron chi connectivity index (χ4n) is 2.38. The van der Waals surface area contributed by atoms with Crippen molar-refractivity contribution >= 4 is 5.91 Å². The molecule has 3 N–H and O–H groups in total. The number of ether oxygens (including phenoxy) is 1. The van der Waals surface area contributed by atoms with Crippen molar-refractivity contribution in [2.24, 2.45) is 11.7 Å². The van der Waals surface area contributed by atoms with Crippen LogP contribution in [0.3, 0.4) is 0 Å². The van der Waals surface area contributed by atoms with Crippen LogP contribution in [-0.2, 0) is 9.53 Å². The van der Waals surface area contributed by atoms with Crippen LogP contribution in [0, 0.1) is 17.8 Å². The Morgan fingerprint density at radius 2 is 2.05 bits per heavy atom. The van der Waals surface area contributed by atoms with Gasteiger partial charge in [0.15, 0.2) is 0 Å². The highest BCUT2D eigenvalue weighted by atomic mass is 16.5. The molecule has 0 aromatic heterocycles. The van der Waals surface area contributed by atoms with Gasteiger partial charge in [-0.1, -0.05) is 24.0 Å². The summed E-state index contributed by atoms with van der Waals surface area (Å²) in [4.78, 5) is 12.2. The van der Waals surface area contributed by atoms with Crippen LogP contribution in [0.4, 0.5) is 0 Å². The van der Waals surface area contributed by atoms with Gasteiger partial charge in [0, 0.05) is 24.7 Å². The molecule has 1 aromatic rings. The van der Waals surface area contributed by atoms with Crippen molar-refractivity contribution in [2.75, 3.05) is 19.8 Å². The zero-order chi connectivity index (χ0) is 15.1. The van der Waals surface area contributed by atoms with E-state index in [1.165, 1.54) is 0 Å². The molecule has 1 saturated heterocycles. The van der Waals surface area contributed by atoms with Crippen molar-refractivity contribution in [2.45, 2.75) is 25.8 Å². The second-order valence-corrected chi connectivity index (χ2v) is 5.24. The molecule has 1 aromatic carbocycles. The van der Waals surface area contributed by atoms with Crippen LogP contribution in [0.1, 0.15) is 36.9 Å². The molecule has 1 amide bonds. The highest BCUT2D eigenvalue weighted by molar-refractivity contribution is 5.79. The summed E-state index contributed by atoms with van der Waals surface area (Å²) >= 11 is 0. The molecule has 1 fully saturated rings. The summed E-state index contributed by atoms with van der Waals surface area (Å²) in [5.41, 5.74) is 7.36. The van der Waals surface area contributed by atoms with E-state index in [1.807, 2.05) is 31.2 Å². The standard InChI is InChI=1S/C17H22N2O2/c1-13(19-17(20)16-8-11-21-12-9-16)15-6-4-14(5-7-15)3-2-10-18/h4-7,13,16H,8-12,18H2,1H3,(H,19,20). The lowest BCUT2D eigenvalue weighted by molar-refractivity contribution is -0.128. The monoisotopic (exact) mass is 286 g/mol. The van der Waals surface area contributed by atoms with Gasteiger partial charge in [-0.05, 0) is 37.5 Å². The maximum Gasteiger partial charge on any atom is 0.223 e. The van der Waals surface area contributed by atoms with Crippen molar-refractivity contribution in [1.29, 1.82) is 0 Å². The summed E-state index contributed by atoms with van der Waals surface area (Å²) in [6.45, 7) is 3.72. The van der Waals surface area contributed by atoms with E-state index < -0.39 is 0 Å². The van der Waals surface area contributed by atoms with Gasteiger partial charge in [-0.25, -0.2) is 0 Å². The minimum absolute atomic E-state index is 0.00291. The number of hydrogen-bond acceptors (Lipinski definition) is 3. The zero-order valence-electron chi connectivity index (χ0n) is 12.4. The van der Waals surface area contributed by atoms with Crippen LogP contribution >= 0.6 is 0 Å². The largest absolute Gasteiger partial charge is 0.381 e. The molecule has 4 heteroatoms. The van der Waals surface area contributed by atoms with Gasteiger partial charge in [0.1, 0.15) is 0 Å². The number of rotatable bonds is 3. The predicted octanol–water partition coefficient (Wildman–Crippen LogP) is 1.60. The topological polar surface area (TPSA) is 64.3 Å². The number of amides is 1. The molecule has 1 unspecified atom stereocenters. The summed E-state index contributed by atoms with van der Waals surface area (Å²) in [5, 5.41) is 3.08. The lowest BCUT2D eigenvalue weighted by atomic mass is 9.98. The van der Waals surface area contributed by atoms with Crippen LogP contribution in [0.2, 0.25) is 0 Å². The first-order valence-corrected chi connectivity index (χ1v) is 7.37. The molecule has 4 nitrogen and oxygen atoms in total. The van der Waals surface area contributed by atoms with E-state index in [0.717, 1.165) is 24.0 Å². The number of benzene rings is 1. The molecule has 0 saturated carbocycles. The number of carbonyl (C=O) groups excluding carboxylic acids is 1. The Hall–Kier alpha value is -1.83. The summed E-state index contributed by atoms with van der Waals surface area (Å²) in [7, 11) is 0. The first-order chi connectivity index (χ1) is 10.2. The Labute approximate surface area is 126 Å². The van der Waals surface area contributed by atoms with Crippen molar-refractivity contribution in [1.82, 2.24) is 5.32 Å². The maximum atomic E-state index is 12.2. The van der Waals surface area contributed by atoms with Gasteiger partial charge in [-0.15, -0.1) is 0 Å². The average Bonchev–Trinajstić information content (AvgIpc) is 2.54. The second kappa shape index (κ2) is 7.82. The summed E-state index contributed by atoms with van der Waals surface area (Å²) in [5.74, 6) is 6.01. The fourth-order valence-corrected chi connectivity index (χ4v) is 2.38. The lowest BCUT2D eigenvalue weighted by Crippen LogP contribution is -2.35. The van der Waals surface area contributed by atoms with E-state index >= 15 is 0 Å². The maximum absolute atomic E-state index is 12.2. The van der Waals surface area contributed by atoms with Crippen molar-refractivity contribution in [3.8, 4) is 11.8 Å². The van der Waals surface area contributed by atoms with Gasteiger partial charge in [-0.2, -0.15) is 0 Å². The Kier molecular flexibility index (Phi) is 5.79. The van der Waals surface area contributed by atoms with Gasteiger partial charge in [0.2, 0.25) is 5.91 Å². The van der Waals surface area contributed by atoms with Crippen molar-refractivity contribution in [3.63, 3.8) is 0 Å². The quantitative estimate of drug-likeness (QED) is 0.830. The third kappa shape index (κ3) is 4.59. The predicted molar refractivity (Wildman–Crippen MR) is 82.5 cm³/mol. The molecule has 112 valence electrons. The van der Waals surface area contributed by atoms with E-state index in [4.69, 9.17) is 10.5 Å². The molecule has 0 aliphatic carbocycles. The molecule has 1 aliphatic heterocycles. The van der Waals surface area contributed by atoms with E-state index in [2.05, 4.69) is 17.2 Å². The molecule has 1 atom stereocenters. The Bertz CT molecular complexity index is 522. The summed E-state index contributed by atoms with van der Waals surface area (Å²) in [6.07, 6.45) is 1.62. The van der Waals surface area contributed by atoms with E-state index in [0.29, 0.717) is 19.8 Å². The molecule has 1 aliphatic rings. The van der Waals surface area contributed by atoms with Crippen molar-refractivity contribution in [3.05, 3.63) is 35.4 Å². The molecule has 1 heterocycles. The summed E-state index contributed by atoms with van der Waals surface area (Å²) < 4.78 is 5.28. The van der Waals surface area contributed by atoms with Gasteiger partial charge in [0.05, 0.1) is 12.6 Å². The Morgan fingerprint density at radius 1 is 1.38 bits per heavy atom. The SMILES string of the molecule is CC(NC(=O)C1CCOCC1)c1ccc(C#CCN)cc1. The number of nitrogens with two attached hydrogens (primary N) is 1. The molecule has 2 rings (SSSR count). The van der Waals surface area contributed by atoms with Crippen LogP contribution < -0.4 is 11.1 Å². The average molecular weight is 286 g/mol. The molecule has 0 radical (unpaired) electrons. The molecule has 21 heavy (non-hydrogen) atoms. The van der Waals surface area contributed by atoms with Gasteiger partial charge in [0.25, 0.3) is 0 Å². The highest BCUT2D eigenvalue weighted by Gasteiger charge is 2.22. The van der Waals surface area contributed by atoms with Crippen LogP contribution in [0.25, 0.3) is 0 Å². The molecular weight excluding hydrogens is 264 g/mol. The molecular formula is C17H22N2O2. The molecule has 0 bridgehead atoms. The molecule has 0 spiro atoms. The first kappa shape index (κ1) is 15.6.